The van der Waals surface area contributed by atoms with Crippen LogP contribution < -0.4 is 21.1 Å². The number of anilines is 2. The fourth-order valence-electron chi connectivity index (χ4n) is 6.25. The van der Waals surface area contributed by atoms with Crippen molar-refractivity contribution in [3.8, 4) is 5.75 Å². The molecule has 0 heterocycles. The lowest BCUT2D eigenvalue weighted by Crippen LogP contribution is -2.57. The number of nitrogen functional groups attached to an aromatic ring is 1. The molecule has 29 heavy (non-hydrogen) atoms. The summed E-state index contributed by atoms with van der Waals surface area (Å²) < 4.78 is 5.17. The predicted octanol–water partition coefficient (Wildman–Crippen LogP) is 3.57. The largest absolute Gasteiger partial charge is 0.495 e. The first kappa shape index (κ1) is 20.0. The van der Waals surface area contributed by atoms with Gasteiger partial charge in [0.2, 0.25) is 11.8 Å². The summed E-state index contributed by atoms with van der Waals surface area (Å²) >= 11 is 0. The average molecular weight is 400 g/mol. The highest BCUT2D eigenvalue weighted by molar-refractivity contribution is 5.98. The number of rotatable bonds is 6. The molecule has 6 heteroatoms. The maximum atomic E-state index is 13.4. The molecule has 158 valence electrons. The van der Waals surface area contributed by atoms with E-state index < -0.39 is 6.04 Å². The predicted molar refractivity (Wildman–Crippen MR) is 113 cm³/mol. The van der Waals surface area contributed by atoms with Gasteiger partial charge in [-0.15, -0.1) is 0 Å². The molecule has 1 aromatic carbocycles. The minimum absolute atomic E-state index is 0.0107. The minimum atomic E-state index is -0.571. The van der Waals surface area contributed by atoms with Crippen molar-refractivity contribution < 1.29 is 14.3 Å². The van der Waals surface area contributed by atoms with Gasteiger partial charge in [0.1, 0.15) is 11.8 Å². The molecule has 4 bridgehead atoms. The molecule has 4 N–H and O–H groups in total. The summed E-state index contributed by atoms with van der Waals surface area (Å²) in [6, 6.07) is 4.59. The Morgan fingerprint density at radius 2 is 1.69 bits per heavy atom. The highest BCUT2D eigenvalue weighted by Gasteiger charge is 2.55. The second-order valence-electron chi connectivity index (χ2n) is 9.84. The second kappa shape index (κ2) is 7.54. The second-order valence-corrected chi connectivity index (χ2v) is 9.84. The SMILES string of the molecule is COc1ccc(NC(=O)C(NC(=O)C23CC4CC(CC(C4)C2)C3)C(C)C)cc1N. The summed E-state index contributed by atoms with van der Waals surface area (Å²) in [6.07, 6.45) is 6.85. The molecule has 5 rings (SSSR count). The van der Waals surface area contributed by atoms with Crippen LogP contribution in [0, 0.1) is 29.1 Å². The number of carbonyl (C=O) groups excluding carboxylic acids is 2. The van der Waals surface area contributed by atoms with Gasteiger partial charge in [0.25, 0.3) is 0 Å². The Hall–Kier alpha value is -2.24. The van der Waals surface area contributed by atoms with Crippen LogP contribution in [0.1, 0.15) is 52.4 Å². The third-order valence-corrected chi connectivity index (χ3v) is 7.25. The van der Waals surface area contributed by atoms with Gasteiger partial charge < -0.3 is 21.1 Å². The fourth-order valence-corrected chi connectivity index (χ4v) is 6.25. The number of carbonyl (C=O) groups is 2. The normalized spacial score (nSPS) is 30.8. The zero-order valence-electron chi connectivity index (χ0n) is 17.7. The number of nitrogens with one attached hydrogen (secondary N) is 2. The van der Waals surface area contributed by atoms with Gasteiger partial charge in [-0.1, -0.05) is 13.8 Å². The van der Waals surface area contributed by atoms with Gasteiger partial charge in [0.05, 0.1) is 12.8 Å². The molecule has 0 spiro atoms. The van der Waals surface area contributed by atoms with Gasteiger partial charge in [-0.05, 0) is 80.4 Å². The van der Waals surface area contributed by atoms with E-state index in [1.807, 2.05) is 13.8 Å². The molecule has 0 radical (unpaired) electrons. The average Bonchev–Trinajstić information content (AvgIpc) is 2.64. The van der Waals surface area contributed by atoms with Crippen molar-refractivity contribution in [1.29, 1.82) is 0 Å². The molecule has 0 aromatic heterocycles. The monoisotopic (exact) mass is 399 g/mol. The van der Waals surface area contributed by atoms with Crippen molar-refractivity contribution in [1.82, 2.24) is 5.32 Å². The van der Waals surface area contributed by atoms with Crippen molar-refractivity contribution in [3.05, 3.63) is 18.2 Å². The molecule has 4 aliphatic rings. The molecule has 4 fully saturated rings. The van der Waals surface area contributed by atoms with Crippen LogP contribution in [0.3, 0.4) is 0 Å². The third kappa shape index (κ3) is 3.81. The number of methoxy groups -OCH3 is 1. The minimum Gasteiger partial charge on any atom is -0.495 e. The highest BCUT2D eigenvalue weighted by Crippen LogP contribution is 2.60. The van der Waals surface area contributed by atoms with Gasteiger partial charge >= 0.3 is 0 Å². The number of hydrogen-bond acceptors (Lipinski definition) is 4. The molecule has 0 saturated heterocycles. The zero-order valence-corrected chi connectivity index (χ0v) is 17.7. The summed E-state index contributed by atoms with van der Waals surface area (Å²) in [5.41, 5.74) is 6.75. The van der Waals surface area contributed by atoms with Crippen molar-refractivity contribution in [2.45, 2.75) is 58.4 Å². The van der Waals surface area contributed by atoms with Crippen LogP contribution in [0.4, 0.5) is 11.4 Å². The van der Waals surface area contributed by atoms with Gasteiger partial charge in [0.15, 0.2) is 0 Å². The first-order chi connectivity index (χ1) is 13.8. The lowest BCUT2D eigenvalue weighted by molar-refractivity contribution is -0.148. The molecular weight excluding hydrogens is 366 g/mol. The van der Waals surface area contributed by atoms with Crippen molar-refractivity contribution in [3.63, 3.8) is 0 Å². The maximum absolute atomic E-state index is 13.4. The van der Waals surface area contributed by atoms with Crippen LogP contribution in [0.5, 0.6) is 5.75 Å². The molecule has 4 aliphatic carbocycles. The molecule has 1 atom stereocenters. The highest BCUT2D eigenvalue weighted by atomic mass is 16.5. The smallest absolute Gasteiger partial charge is 0.247 e. The first-order valence-corrected chi connectivity index (χ1v) is 10.8. The quantitative estimate of drug-likeness (QED) is 0.638. The van der Waals surface area contributed by atoms with E-state index in [9.17, 15) is 9.59 Å². The van der Waals surface area contributed by atoms with Crippen LogP contribution in [-0.4, -0.2) is 25.0 Å². The Bertz CT molecular complexity index is 769. The zero-order chi connectivity index (χ0) is 20.8. The lowest BCUT2D eigenvalue weighted by atomic mass is 9.49. The van der Waals surface area contributed by atoms with Crippen molar-refractivity contribution in [2.75, 3.05) is 18.2 Å². The lowest BCUT2D eigenvalue weighted by Gasteiger charge is -2.55. The van der Waals surface area contributed by atoms with Gasteiger partial charge in [-0.25, -0.2) is 0 Å². The van der Waals surface area contributed by atoms with E-state index >= 15 is 0 Å². The van der Waals surface area contributed by atoms with Crippen LogP contribution in [-0.2, 0) is 9.59 Å². The van der Waals surface area contributed by atoms with Crippen molar-refractivity contribution in [2.24, 2.45) is 29.1 Å². The Labute approximate surface area is 172 Å². The van der Waals surface area contributed by atoms with E-state index in [2.05, 4.69) is 10.6 Å². The molecule has 1 unspecified atom stereocenters. The number of amides is 2. The molecule has 6 nitrogen and oxygen atoms in total. The van der Waals surface area contributed by atoms with Gasteiger partial charge in [0, 0.05) is 11.1 Å². The Morgan fingerprint density at radius 1 is 1.10 bits per heavy atom. The summed E-state index contributed by atoms with van der Waals surface area (Å²) in [5.74, 6) is 2.52. The fraction of sp³-hybridized carbons (Fsp3) is 0.652. The maximum Gasteiger partial charge on any atom is 0.247 e. The topological polar surface area (TPSA) is 93.5 Å². The van der Waals surface area contributed by atoms with Crippen LogP contribution in [0.25, 0.3) is 0 Å². The van der Waals surface area contributed by atoms with Crippen LogP contribution in [0.2, 0.25) is 0 Å². The van der Waals surface area contributed by atoms with E-state index in [0.717, 1.165) is 19.3 Å². The Kier molecular flexibility index (Phi) is 5.21. The van der Waals surface area contributed by atoms with Gasteiger partial charge in [-0.2, -0.15) is 0 Å². The van der Waals surface area contributed by atoms with Crippen LogP contribution in [0.15, 0.2) is 18.2 Å². The summed E-state index contributed by atoms with van der Waals surface area (Å²) in [7, 11) is 1.55. The molecule has 4 saturated carbocycles. The van der Waals surface area contributed by atoms with Crippen molar-refractivity contribution >= 4 is 23.2 Å². The summed E-state index contributed by atoms with van der Waals surface area (Å²) in [6.45, 7) is 3.93. The van der Waals surface area contributed by atoms with E-state index in [0.29, 0.717) is 34.9 Å². The third-order valence-electron chi connectivity index (χ3n) is 7.25. The molecule has 0 aliphatic heterocycles. The van der Waals surface area contributed by atoms with E-state index in [1.54, 1.807) is 25.3 Å². The first-order valence-electron chi connectivity index (χ1n) is 10.8. The number of hydrogen-bond donors (Lipinski definition) is 3. The van der Waals surface area contributed by atoms with E-state index in [1.165, 1.54) is 19.3 Å². The number of ether oxygens (including phenoxy) is 1. The Balaban J connectivity index is 1.46. The summed E-state index contributed by atoms with van der Waals surface area (Å²) in [4.78, 5) is 26.4. The molecular formula is C23H33N3O3. The summed E-state index contributed by atoms with van der Waals surface area (Å²) in [5, 5.41) is 6.03. The molecule has 1 aromatic rings. The number of benzene rings is 1. The van der Waals surface area contributed by atoms with E-state index in [4.69, 9.17) is 10.5 Å². The molecule has 2 amide bonds. The van der Waals surface area contributed by atoms with Gasteiger partial charge in [-0.3, -0.25) is 9.59 Å². The standard InChI is InChI=1S/C23H33N3O3/c1-13(2)20(21(27)25-17-4-5-19(29-3)18(24)9-17)26-22(28)23-10-14-6-15(11-23)8-16(7-14)12-23/h4-5,9,13-16,20H,6-8,10-12,24H2,1-3H3,(H,25,27)(H,26,28). The van der Waals surface area contributed by atoms with E-state index in [-0.39, 0.29) is 23.1 Å². The number of nitrogens with two attached hydrogens (primary N) is 1. The Morgan fingerprint density at radius 3 is 2.17 bits per heavy atom. The van der Waals surface area contributed by atoms with Crippen LogP contribution >= 0.6 is 0 Å².